The van der Waals surface area contributed by atoms with Gasteiger partial charge in [0.25, 0.3) is 0 Å². The second-order valence-electron chi connectivity index (χ2n) is 9.75. The van der Waals surface area contributed by atoms with Crippen LogP contribution in [0, 0.1) is 5.41 Å². The van der Waals surface area contributed by atoms with Gasteiger partial charge < -0.3 is 20.5 Å². The van der Waals surface area contributed by atoms with E-state index in [9.17, 15) is 0 Å². The fraction of sp³-hybridized carbons (Fsp3) is 0.400. The SMILES string of the molecule is CC(C)n1ccc(Nc2cc(CN[C@@H](C)C(C)(C)C)cc(Nc3nc4cccnc4s3)n2)c1. The number of pyridine rings is 2. The maximum absolute atomic E-state index is 4.81. The zero-order valence-electron chi connectivity index (χ0n) is 20.2. The second-order valence-corrected chi connectivity index (χ2v) is 10.7. The molecule has 4 aromatic rings. The normalized spacial score (nSPS) is 12.9. The van der Waals surface area contributed by atoms with Gasteiger partial charge in [0, 0.05) is 37.2 Å². The van der Waals surface area contributed by atoms with Gasteiger partial charge in [-0.2, -0.15) is 0 Å². The van der Waals surface area contributed by atoms with E-state index in [0.717, 1.165) is 44.9 Å². The van der Waals surface area contributed by atoms with Gasteiger partial charge in [0.05, 0.1) is 5.69 Å². The van der Waals surface area contributed by atoms with E-state index in [1.807, 2.05) is 12.1 Å². The minimum atomic E-state index is 0.183. The summed E-state index contributed by atoms with van der Waals surface area (Å²) in [6.07, 6.45) is 5.97. The molecule has 4 heterocycles. The number of anilines is 4. The summed E-state index contributed by atoms with van der Waals surface area (Å²) in [4.78, 5) is 14.8. The van der Waals surface area contributed by atoms with E-state index in [-0.39, 0.29) is 5.41 Å². The topological polar surface area (TPSA) is 79.7 Å². The van der Waals surface area contributed by atoms with E-state index in [0.29, 0.717) is 12.1 Å². The molecule has 3 N–H and O–H groups in total. The number of hydrogen-bond acceptors (Lipinski definition) is 7. The molecule has 0 saturated carbocycles. The number of rotatable bonds is 8. The minimum absolute atomic E-state index is 0.183. The summed E-state index contributed by atoms with van der Waals surface area (Å²) >= 11 is 1.52. The van der Waals surface area contributed by atoms with Crippen molar-refractivity contribution in [3.05, 3.63) is 54.5 Å². The van der Waals surface area contributed by atoms with Crippen molar-refractivity contribution in [3.8, 4) is 0 Å². The maximum atomic E-state index is 4.81. The van der Waals surface area contributed by atoms with Crippen molar-refractivity contribution in [1.29, 1.82) is 0 Å². The summed E-state index contributed by atoms with van der Waals surface area (Å²) in [7, 11) is 0. The average molecular weight is 464 g/mol. The lowest BCUT2D eigenvalue weighted by Crippen LogP contribution is -2.37. The van der Waals surface area contributed by atoms with Crippen LogP contribution in [0.2, 0.25) is 0 Å². The lowest BCUT2D eigenvalue weighted by Gasteiger charge is -2.28. The van der Waals surface area contributed by atoms with Crippen LogP contribution in [0.25, 0.3) is 10.3 Å². The van der Waals surface area contributed by atoms with Gasteiger partial charge in [0.15, 0.2) is 5.13 Å². The Bertz CT molecular complexity index is 1190. The predicted molar refractivity (Wildman–Crippen MR) is 139 cm³/mol. The molecule has 0 aliphatic rings. The Balaban J connectivity index is 1.59. The number of nitrogens with one attached hydrogen (secondary N) is 3. The molecule has 0 radical (unpaired) electrons. The highest BCUT2D eigenvalue weighted by atomic mass is 32.1. The van der Waals surface area contributed by atoms with Gasteiger partial charge in [-0.1, -0.05) is 32.1 Å². The van der Waals surface area contributed by atoms with Crippen molar-refractivity contribution in [2.24, 2.45) is 5.41 Å². The molecule has 0 saturated heterocycles. The van der Waals surface area contributed by atoms with Crippen molar-refractivity contribution >= 4 is 44.1 Å². The largest absolute Gasteiger partial charge is 0.350 e. The van der Waals surface area contributed by atoms with Crippen LogP contribution in [0.15, 0.2) is 48.9 Å². The summed E-state index contributed by atoms with van der Waals surface area (Å²) in [6, 6.07) is 10.9. The quantitative estimate of drug-likeness (QED) is 0.277. The van der Waals surface area contributed by atoms with Crippen LogP contribution in [-0.4, -0.2) is 25.6 Å². The third-order valence-electron chi connectivity index (χ3n) is 5.78. The first-order valence-corrected chi connectivity index (χ1v) is 12.2. The van der Waals surface area contributed by atoms with Crippen LogP contribution in [0.1, 0.15) is 53.1 Å². The second kappa shape index (κ2) is 9.49. The molecule has 0 bridgehead atoms. The molecule has 0 aliphatic carbocycles. The monoisotopic (exact) mass is 463 g/mol. The molecule has 1 atom stereocenters. The van der Waals surface area contributed by atoms with Crippen LogP contribution in [0.5, 0.6) is 0 Å². The molecule has 0 fully saturated rings. The fourth-order valence-electron chi connectivity index (χ4n) is 3.28. The summed E-state index contributed by atoms with van der Waals surface area (Å²) in [5.74, 6) is 1.54. The number of fused-ring (bicyclic) bond motifs is 1. The van der Waals surface area contributed by atoms with Crippen molar-refractivity contribution < 1.29 is 0 Å². The lowest BCUT2D eigenvalue weighted by atomic mass is 9.88. The molecule has 0 unspecified atom stereocenters. The standard InChI is InChI=1S/C25H33N7S/c1-16(2)32-11-9-19(15-32)28-21-12-18(14-27-17(3)25(4,5)6)13-22(30-21)31-24-29-20-8-7-10-26-23(20)33-24/h7-13,15-17,27H,14H2,1-6H3,(H2,28,29,30,31)/t17-/m0/s1. The first kappa shape index (κ1) is 23.2. The Morgan fingerprint density at radius 2 is 1.79 bits per heavy atom. The molecule has 33 heavy (non-hydrogen) atoms. The summed E-state index contributed by atoms with van der Waals surface area (Å²) < 4.78 is 2.17. The third-order valence-corrected chi connectivity index (χ3v) is 6.68. The summed E-state index contributed by atoms with van der Waals surface area (Å²) in [6.45, 7) is 14.0. The van der Waals surface area contributed by atoms with Crippen LogP contribution in [0.4, 0.5) is 22.5 Å². The van der Waals surface area contributed by atoms with Gasteiger partial charge >= 0.3 is 0 Å². The zero-order valence-corrected chi connectivity index (χ0v) is 21.0. The average Bonchev–Trinajstić information content (AvgIpc) is 3.37. The lowest BCUT2D eigenvalue weighted by molar-refractivity contribution is 0.285. The van der Waals surface area contributed by atoms with Gasteiger partial charge in [-0.15, -0.1) is 0 Å². The van der Waals surface area contributed by atoms with Gasteiger partial charge in [0.2, 0.25) is 0 Å². The molecule has 0 spiro atoms. The maximum Gasteiger partial charge on any atom is 0.190 e. The Kier molecular flexibility index (Phi) is 6.67. The van der Waals surface area contributed by atoms with E-state index in [4.69, 9.17) is 4.98 Å². The van der Waals surface area contributed by atoms with E-state index in [2.05, 4.69) is 103 Å². The molecular weight excluding hydrogens is 430 g/mol. The molecule has 8 heteroatoms. The molecule has 0 aromatic carbocycles. The van der Waals surface area contributed by atoms with E-state index < -0.39 is 0 Å². The molecule has 7 nitrogen and oxygen atoms in total. The minimum Gasteiger partial charge on any atom is -0.350 e. The third kappa shape index (κ3) is 5.89. The van der Waals surface area contributed by atoms with E-state index in [1.165, 1.54) is 11.3 Å². The highest BCUT2D eigenvalue weighted by Gasteiger charge is 2.19. The Morgan fingerprint density at radius 3 is 2.45 bits per heavy atom. The van der Waals surface area contributed by atoms with Crippen molar-refractivity contribution in [1.82, 2.24) is 24.8 Å². The molecular formula is C25H33N7S. The fourth-order valence-corrected chi connectivity index (χ4v) is 4.10. The first-order valence-electron chi connectivity index (χ1n) is 11.3. The van der Waals surface area contributed by atoms with E-state index in [1.54, 1.807) is 6.20 Å². The molecule has 174 valence electrons. The Hall–Kier alpha value is -2.97. The number of thiazole rings is 1. The van der Waals surface area contributed by atoms with Crippen molar-refractivity contribution in [2.75, 3.05) is 10.6 Å². The van der Waals surface area contributed by atoms with Gasteiger partial charge in [-0.25, -0.2) is 15.0 Å². The van der Waals surface area contributed by atoms with Crippen LogP contribution >= 0.6 is 11.3 Å². The molecule has 0 amide bonds. The molecule has 4 rings (SSSR count). The summed E-state index contributed by atoms with van der Waals surface area (Å²) in [5.41, 5.74) is 3.23. The van der Waals surface area contributed by atoms with Crippen LogP contribution in [0.3, 0.4) is 0 Å². The Labute approximate surface area is 199 Å². The number of aromatic nitrogens is 4. The smallest absolute Gasteiger partial charge is 0.190 e. The van der Waals surface area contributed by atoms with Gasteiger partial charge in [-0.05, 0) is 62.1 Å². The number of nitrogens with zero attached hydrogens (tertiary/aromatic N) is 4. The van der Waals surface area contributed by atoms with Gasteiger partial charge in [-0.3, -0.25) is 0 Å². The predicted octanol–water partition coefficient (Wildman–Crippen LogP) is 6.48. The van der Waals surface area contributed by atoms with Crippen molar-refractivity contribution in [2.45, 2.75) is 60.2 Å². The van der Waals surface area contributed by atoms with E-state index >= 15 is 0 Å². The summed E-state index contributed by atoms with van der Waals surface area (Å²) in [5, 5.41) is 11.3. The highest BCUT2D eigenvalue weighted by Crippen LogP contribution is 2.28. The zero-order chi connectivity index (χ0) is 23.6. The van der Waals surface area contributed by atoms with Crippen molar-refractivity contribution in [3.63, 3.8) is 0 Å². The highest BCUT2D eigenvalue weighted by molar-refractivity contribution is 7.21. The van der Waals surface area contributed by atoms with Gasteiger partial charge in [0.1, 0.15) is 22.0 Å². The number of hydrogen-bond donors (Lipinski definition) is 3. The Morgan fingerprint density at radius 1 is 1.03 bits per heavy atom. The van der Waals surface area contributed by atoms with Crippen LogP contribution < -0.4 is 16.0 Å². The van der Waals surface area contributed by atoms with Crippen LogP contribution in [-0.2, 0) is 6.54 Å². The first-order chi connectivity index (χ1) is 15.7. The molecule has 4 aromatic heterocycles. The molecule has 0 aliphatic heterocycles.